The van der Waals surface area contributed by atoms with Crippen molar-refractivity contribution in [2.45, 2.75) is 53.5 Å². The van der Waals surface area contributed by atoms with Gasteiger partial charge in [0, 0.05) is 17.8 Å². The molecule has 2 rings (SSSR count). The number of ketones is 2. The van der Waals surface area contributed by atoms with Crippen molar-refractivity contribution in [3.8, 4) is 0 Å². The van der Waals surface area contributed by atoms with E-state index in [9.17, 15) is 14.4 Å². The second-order valence-corrected chi connectivity index (χ2v) is 6.81. The van der Waals surface area contributed by atoms with Gasteiger partial charge in [-0.05, 0) is 59.6 Å². The molecule has 1 aromatic rings. The lowest BCUT2D eigenvalue weighted by molar-refractivity contribution is -0.150. The minimum atomic E-state index is -0.353. The van der Waals surface area contributed by atoms with E-state index in [-0.39, 0.29) is 29.5 Å². The molecule has 0 aliphatic carbocycles. The maximum atomic E-state index is 13.0. The summed E-state index contributed by atoms with van der Waals surface area (Å²) in [4.78, 5) is 41.9. The first-order valence-corrected chi connectivity index (χ1v) is 8.92. The minimum Gasteiger partial charge on any atom is -0.466 e. The van der Waals surface area contributed by atoms with E-state index < -0.39 is 0 Å². The normalized spacial score (nSPS) is 19.5. The van der Waals surface area contributed by atoms with Crippen LogP contribution in [0, 0.1) is 19.8 Å². The van der Waals surface area contributed by atoms with Gasteiger partial charge in [-0.25, -0.2) is 0 Å². The number of aromatic nitrogens is 1. The van der Waals surface area contributed by atoms with Crippen molar-refractivity contribution in [2.24, 2.45) is 5.92 Å². The van der Waals surface area contributed by atoms with Crippen molar-refractivity contribution in [1.29, 1.82) is 0 Å². The van der Waals surface area contributed by atoms with E-state index in [1.807, 2.05) is 18.7 Å². The van der Waals surface area contributed by atoms with Crippen molar-refractivity contribution in [1.82, 2.24) is 9.88 Å². The van der Waals surface area contributed by atoms with E-state index in [0.717, 1.165) is 25.1 Å². The molecular weight excluding hydrogens is 320 g/mol. The molecular formula is C19H28N2O4. The number of aryl methyl sites for hydroxylation is 1. The van der Waals surface area contributed by atoms with Crippen molar-refractivity contribution < 1.29 is 19.1 Å². The molecule has 2 atom stereocenters. The zero-order valence-corrected chi connectivity index (χ0v) is 15.8. The molecule has 1 saturated heterocycles. The molecule has 0 amide bonds. The highest BCUT2D eigenvalue weighted by Crippen LogP contribution is 2.24. The summed E-state index contributed by atoms with van der Waals surface area (Å²) in [7, 11) is 0. The number of hydrogen-bond acceptors (Lipinski definition) is 5. The summed E-state index contributed by atoms with van der Waals surface area (Å²) in [6, 6.07) is -0.353. The van der Waals surface area contributed by atoms with Crippen molar-refractivity contribution in [3.63, 3.8) is 0 Å². The zero-order valence-electron chi connectivity index (χ0n) is 15.8. The minimum absolute atomic E-state index is 0.0432. The first-order valence-electron chi connectivity index (χ1n) is 8.92. The van der Waals surface area contributed by atoms with Gasteiger partial charge in [-0.1, -0.05) is 0 Å². The maximum absolute atomic E-state index is 13.0. The molecule has 0 bridgehead atoms. The fourth-order valence-corrected chi connectivity index (χ4v) is 3.71. The Balaban J connectivity index is 2.16. The number of aromatic amines is 1. The second kappa shape index (κ2) is 7.95. The van der Waals surface area contributed by atoms with Gasteiger partial charge in [-0.3, -0.25) is 19.3 Å². The third-order valence-electron chi connectivity index (χ3n) is 5.04. The fraction of sp³-hybridized carbons (Fsp3) is 0.632. The molecule has 1 aliphatic heterocycles. The van der Waals surface area contributed by atoms with Crippen LogP contribution in [0.5, 0.6) is 0 Å². The predicted octanol–water partition coefficient (Wildman–Crippen LogP) is 2.68. The summed E-state index contributed by atoms with van der Waals surface area (Å²) in [6.45, 7) is 10.5. The number of nitrogens with one attached hydrogen (secondary N) is 1. The number of nitrogens with zero attached hydrogens (tertiary/aromatic N) is 1. The highest BCUT2D eigenvalue weighted by molar-refractivity contribution is 6.05. The van der Waals surface area contributed by atoms with Gasteiger partial charge in [0.1, 0.15) is 0 Å². The summed E-state index contributed by atoms with van der Waals surface area (Å²) < 4.78 is 5.12. The largest absolute Gasteiger partial charge is 0.466 e. The van der Waals surface area contributed by atoms with Crippen LogP contribution in [0.3, 0.4) is 0 Å². The average Bonchev–Trinajstić information content (AvgIpc) is 2.88. The molecule has 6 nitrogen and oxygen atoms in total. The Morgan fingerprint density at radius 3 is 2.56 bits per heavy atom. The fourth-order valence-electron chi connectivity index (χ4n) is 3.71. The summed E-state index contributed by atoms with van der Waals surface area (Å²) in [6.07, 6.45) is 1.66. The van der Waals surface area contributed by atoms with E-state index in [0.29, 0.717) is 30.0 Å². The molecule has 2 heterocycles. The number of carbonyl (C=O) groups excluding carboxylic acids is 3. The van der Waals surface area contributed by atoms with Crippen LogP contribution in [-0.2, 0) is 9.53 Å². The molecule has 0 radical (unpaired) electrons. The van der Waals surface area contributed by atoms with Crippen LogP contribution >= 0.6 is 0 Å². The molecule has 1 aromatic heterocycles. The molecule has 138 valence electrons. The first-order chi connectivity index (χ1) is 11.8. The molecule has 0 spiro atoms. The Morgan fingerprint density at radius 1 is 1.32 bits per heavy atom. The topological polar surface area (TPSA) is 79.5 Å². The molecule has 6 heteroatoms. The highest BCUT2D eigenvalue weighted by Gasteiger charge is 2.33. The van der Waals surface area contributed by atoms with Crippen LogP contribution in [0.15, 0.2) is 0 Å². The number of hydrogen-bond donors (Lipinski definition) is 1. The van der Waals surface area contributed by atoms with Gasteiger partial charge < -0.3 is 9.72 Å². The second-order valence-electron chi connectivity index (χ2n) is 6.81. The van der Waals surface area contributed by atoms with Gasteiger partial charge in [0.2, 0.25) is 0 Å². The molecule has 1 fully saturated rings. The predicted molar refractivity (Wildman–Crippen MR) is 95.0 cm³/mol. The monoisotopic (exact) mass is 348 g/mol. The Bertz CT molecular complexity index is 677. The number of piperidine rings is 1. The molecule has 0 aromatic carbocycles. The lowest BCUT2D eigenvalue weighted by Crippen LogP contribution is -2.47. The quantitative estimate of drug-likeness (QED) is 0.631. The molecule has 0 unspecified atom stereocenters. The Kier molecular flexibility index (Phi) is 6.16. The van der Waals surface area contributed by atoms with Gasteiger partial charge >= 0.3 is 5.97 Å². The van der Waals surface area contributed by atoms with Gasteiger partial charge in [0.05, 0.1) is 24.3 Å². The number of ether oxygens (including phenoxy) is 1. The van der Waals surface area contributed by atoms with Crippen molar-refractivity contribution in [2.75, 3.05) is 19.7 Å². The summed E-state index contributed by atoms with van der Waals surface area (Å²) in [5.74, 6) is -0.447. The number of esters is 1. The van der Waals surface area contributed by atoms with Gasteiger partial charge in [0.25, 0.3) is 0 Å². The number of rotatable bonds is 6. The molecule has 0 saturated carbocycles. The van der Waals surface area contributed by atoms with Crippen LogP contribution in [0.2, 0.25) is 0 Å². The van der Waals surface area contributed by atoms with E-state index in [1.165, 1.54) is 6.92 Å². The lowest BCUT2D eigenvalue weighted by atomic mass is 9.95. The maximum Gasteiger partial charge on any atom is 0.310 e. The SMILES string of the molecule is CCOC(=O)[C@@H]1CCCN([C@@H](C)C(=O)c2[nH]c(C)c(C(C)=O)c2C)C1. The van der Waals surface area contributed by atoms with Crippen LogP contribution in [0.4, 0.5) is 0 Å². The number of Topliss-reactive ketones (excluding diaryl/α,β-unsaturated/α-hetero) is 2. The van der Waals surface area contributed by atoms with Crippen LogP contribution in [0.25, 0.3) is 0 Å². The number of H-pyrrole nitrogens is 1. The van der Waals surface area contributed by atoms with Gasteiger partial charge in [0.15, 0.2) is 11.6 Å². The Hall–Kier alpha value is -1.95. The van der Waals surface area contributed by atoms with Crippen molar-refractivity contribution >= 4 is 17.5 Å². The third kappa shape index (κ3) is 4.00. The van der Waals surface area contributed by atoms with Crippen molar-refractivity contribution in [3.05, 3.63) is 22.5 Å². The molecule has 25 heavy (non-hydrogen) atoms. The third-order valence-corrected chi connectivity index (χ3v) is 5.04. The van der Waals surface area contributed by atoms with Crippen LogP contribution in [-0.4, -0.2) is 53.2 Å². The lowest BCUT2D eigenvalue weighted by Gasteiger charge is -2.35. The number of likely N-dealkylation sites (tertiary alicyclic amines) is 1. The van der Waals surface area contributed by atoms with E-state index >= 15 is 0 Å². The Labute approximate surface area is 148 Å². The Morgan fingerprint density at radius 2 is 2.00 bits per heavy atom. The van der Waals surface area contributed by atoms with Gasteiger partial charge in [-0.15, -0.1) is 0 Å². The number of carbonyl (C=O) groups is 3. The molecule has 1 aliphatic rings. The summed E-state index contributed by atoms with van der Waals surface area (Å²) >= 11 is 0. The highest BCUT2D eigenvalue weighted by atomic mass is 16.5. The van der Waals surface area contributed by atoms with Crippen LogP contribution in [0.1, 0.15) is 65.7 Å². The summed E-state index contributed by atoms with van der Waals surface area (Å²) in [5.41, 5.74) is 2.52. The standard InChI is InChI=1S/C19H28N2O4/c1-6-25-19(24)15-8-7-9-21(10-15)13(4)18(23)17-11(2)16(14(5)22)12(3)20-17/h13,15,20H,6-10H2,1-5H3/t13-,15+/m0/s1. The van der Waals surface area contributed by atoms with E-state index in [2.05, 4.69) is 4.98 Å². The smallest absolute Gasteiger partial charge is 0.310 e. The van der Waals surface area contributed by atoms with E-state index in [4.69, 9.17) is 4.74 Å². The van der Waals surface area contributed by atoms with Crippen LogP contribution < -0.4 is 0 Å². The van der Waals surface area contributed by atoms with Gasteiger partial charge in [-0.2, -0.15) is 0 Å². The van der Waals surface area contributed by atoms with E-state index in [1.54, 1.807) is 13.8 Å². The summed E-state index contributed by atoms with van der Waals surface area (Å²) in [5, 5.41) is 0. The first kappa shape index (κ1) is 19.4. The average molecular weight is 348 g/mol. The molecule has 1 N–H and O–H groups in total. The zero-order chi connectivity index (χ0) is 18.7.